The van der Waals surface area contributed by atoms with Crippen LogP contribution in [0.4, 0.5) is 0 Å². The summed E-state index contributed by atoms with van der Waals surface area (Å²) in [6.07, 6.45) is 6.49. The van der Waals surface area contributed by atoms with Crippen molar-refractivity contribution in [1.29, 1.82) is 0 Å². The number of ether oxygens (including phenoxy) is 3. The fourth-order valence-corrected chi connectivity index (χ4v) is 9.15. The van der Waals surface area contributed by atoms with Crippen molar-refractivity contribution in [1.82, 2.24) is 9.21 Å². The molecule has 2 fully saturated rings. The third-order valence-electron chi connectivity index (χ3n) is 7.94. The molecule has 1 aromatic heterocycles. The third-order valence-corrected chi connectivity index (χ3v) is 11.8. The quantitative estimate of drug-likeness (QED) is 0.242. The lowest BCUT2D eigenvalue weighted by Crippen LogP contribution is -2.40. The Morgan fingerprint density at radius 1 is 1.06 bits per heavy atom. The van der Waals surface area contributed by atoms with Gasteiger partial charge in [-0.1, -0.05) is 35.3 Å². The van der Waals surface area contributed by atoms with E-state index in [-0.39, 0.29) is 40.9 Å². The second-order valence-electron chi connectivity index (χ2n) is 11.3. The molecule has 5 rings (SSSR count). The highest BCUT2D eigenvalue weighted by atomic mass is 35.5. The van der Waals surface area contributed by atoms with Crippen LogP contribution in [0.3, 0.4) is 0 Å². The minimum absolute atomic E-state index is 0. The van der Waals surface area contributed by atoms with E-state index < -0.39 is 27.5 Å². The molecule has 15 heteroatoms. The normalized spacial score (nSPS) is 17.5. The largest absolute Gasteiger partial charge is 0.870 e. The summed E-state index contributed by atoms with van der Waals surface area (Å²) >= 11 is 14.2. The van der Waals surface area contributed by atoms with Crippen LogP contribution in [0.2, 0.25) is 10.0 Å². The molecule has 0 bridgehead atoms. The summed E-state index contributed by atoms with van der Waals surface area (Å²) in [6, 6.07) is 11.1. The van der Waals surface area contributed by atoms with Gasteiger partial charge in [0, 0.05) is 43.9 Å². The van der Waals surface area contributed by atoms with Crippen LogP contribution in [-0.4, -0.2) is 80.0 Å². The van der Waals surface area contributed by atoms with Crippen molar-refractivity contribution in [3.05, 3.63) is 81.6 Å². The Morgan fingerprint density at radius 3 is 2.43 bits per heavy atom. The maximum atomic E-state index is 13.9. The first-order chi connectivity index (χ1) is 22.0. The monoisotopic (exact) mass is 725 g/mol. The Kier molecular flexibility index (Phi) is 12.4. The first kappa shape index (κ1) is 36.8. The van der Waals surface area contributed by atoms with Crippen molar-refractivity contribution in [3.63, 3.8) is 0 Å². The van der Waals surface area contributed by atoms with E-state index in [1.165, 1.54) is 34.9 Å². The molecule has 1 unspecified atom stereocenters. The lowest BCUT2D eigenvalue weighted by molar-refractivity contribution is -0.377. The Bertz CT molecular complexity index is 1680. The molecule has 254 valence electrons. The Labute approximate surface area is 288 Å². The topological polar surface area (TPSA) is 147 Å². The molecular formula is C32H37Cl2N3O8S2. The zero-order chi connectivity index (χ0) is 33.0. The van der Waals surface area contributed by atoms with E-state index in [1.54, 1.807) is 57.9 Å². The molecule has 1 aliphatic carbocycles. The second kappa shape index (κ2) is 15.9. The molecule has 1 saturated carbocycles. The van der Waals surface area contributed by atoms with Crippen LogP contribution >= 0.6 is 35.0 Å². The Balaban J connectivity index is 0.00000500. The number of H-pyrrole nitrogens is 1. The van der Waals surface area contributed by atoms with E-state index in [1.807, 2.05) is 0 Å². The minimum atomic E-state index is -4.16. The molecule has 0 radical (unpaired) electrons. The molecule has 2 N–H and O–H groups in total. The van der Waals surface area contributed by atoms with Gasteiger partial charge in [-0.25, -0.2) is 18.2 Å². The highest BCUT2D eigenvalue weighted by molar-refractivity contribution is 8.02. The van der Waals surface area contributed by atoms with Gasteiger partial charge in [0.05, 0.1) is 18.1 Å². The zero-order valence-electron chi connectivity index (χ0n) is 26.1. The lowest BCUT2D eigenvalue weighted by atomic mass is 10.0. The molecule has 2 atom stereocenters. The molecule has 0 spiro atoms. The van der Waals surface area contributed by atoms with Crippen LogP contribution in [0, 0.1) is 0 Å². The number of pyridine rings is 1. The average Bonchev–Trinajstić information content (AvgIpc) is 3.75. The number of nitrogens with one attached hydrogen (secondary N) is 1. The van der Waals surface area contributed by atoms with Gasteiger partial charge in [-0.3, -0.25) is 4.79 Å². The molecule has 2 aromatic carbocycles. The summed E-state index contributed by atoms with van der Waals surface area (Å²) in [4.78, 5) is 30.6. The van der Waals surface area contributed by atoms with Crippen molar-refractivity contribution in [3.8, 4) is 11.5 Å². The highest BCUT2D eigenvalue weighted by Crippen LogP contribution is 2.39. The van der Waals surface area contributed by atoms with Crippen LogP contribution in [-0.2, 0) is 26.0 Å². The summed E-state index contributed by atoms with van der Waals surface area (Å²) in [6.45, 7) is 0.0946. The number of benzene rings is 2. The molecule has 2 heterocycles. The number of carbonyl (C=O) groups is 2. The fourth-order valence-electron chi connectivity index (χ4n) is 5.52. The van der Waals surface area contributed by atoms with Gasteiger partial charge in [-0.2, -0.15) is 4.31 Å². The maximum absolute atomic E-state index is 13.9. The number of esters is 1. The van der Waals surface area contributed by atoms with E-state index in [0.29, 0.717) is 38.4 Å². The maximum Gasteiger partial charge on any atom is 0.335 e. The standard InChI is InChI=1S/C32H35Cl2N3O7S2.H2O/c1-36(2)30(38)21-7-6-10-23(15-21)46(40,41)37-13-14-45-31(37)32(39)44-28(17-24-25(33)18-35-19-26(24)34)20-11-12-27(42-3)29(16-20)43-22-8-4-5-9-22;/h6-7,10-12,15-16,18-19,22,28,31H,4-5,8-9,13-14,17H2,1-3H3;1H2/t28?,31-;/m0./s1. The van der Waals surface area contributed by atoms with Crippen LogP contribution < -0.4 is 14.5 Å². The predicted molar refractivity (Wildman–Crippen MR) is 178 cm³/mol. The Hall–Kier alpha value is -3.07. The number of methoxy groups -OCH3 is 1. The number of hydrogen-bond donors (Lipinski definition) is 0. The van der Waals surface area contributed by atoms with Gasteiger partial charge in [-0.05, 0) is 61.6 Å². The summed E-state index contributed by atoms with van der Waals surface area (Å²) in [7, 11) is 0.578. The van der Waals surface area contributed by atoms with Crippen molar-refractivity contribution in [2.45, 2.75) is 54.6 Å². The van der Waals surface area contributed by atoms with Crippen molar-refractivity contribution >= 4 is 56.9 Å². The minimum Gasteiger partial charge on any atom is -0.870 e. The first-order valence-electron chi connectivity index (χ1n) is 14.8. The van der Waals surface area contributed by atoms with Gasteiger partial charge in [0.25, 0.3) is 5.91 Å². The molecule has 1 aliphatic heterocycles. The van der Waals surface area contributed by atoms with E-state index in [4.69, 9.17) is 37.4 Å². The predicted octanol–water partition coefficient (Wildman–Crippen LogP) is 5.25. The number of carbonyl (C=O) groups excluding carboxylic acids is 2. The highest BCUT2D eigenvalue weighted by Gasteiger charge is 2.42. The van der Waals surface area contributed by atoms with Gasteiger partial charge in [0.2, 0.25) is 10.0 Å². The van der Waals surface area contributed by atoms with Gasteiger partial charge < -0.3 is 24.6 Å². The first-order valence-corrected chi connectivity index (χ1v) is 18.1. The summed E-state index contributed by atoms with van der Waals surface area (Å²) in [5.74, 6) is 0.384. The van der Waals surface area contributed by atoms with Crippen molar-refractivity contribution in [2.75, 3.05) is 33.5 Å². The van der Waals surface area contributed by atoms with Gasteiger partial charge in [-0.15, -0.1) is 11.8 Å². The molecule has 1 saturated heterocycles. The van der Waals surface area contributed by atoms with E-state index >= 15 is 0 Å². The SMILES string of the molecule is COc1ccc(C(Cc2c(Cl)c[nH+]cc2Cl)OC(=O)[C@@H]2SCCN2S(=O)(=O)c2cccc(C(=O)N(C)C)c2)cc1OC1CCCC1.[OH-]. The van der Waals surface area contributed by atoms with Gasteiger partial charge in [0.15, 0.2) is 29.3 Å². The van der Waals surface area contributed by atoms with Gasteiger partial charge in [0.1, 0.15) is 16.1 Å². The van der Waals surface area contributed by atoms with Crippen LogP contribution in [0.25, 0.3) is 0 Å². The second-order valence-corrected chi connectivity index (χ2v) is 15.2. The average molecular weight is 727 g/mol. The van der Waals surface area contributed by atoms with Crippen molar-refractivity contribution < 1.29 is 42.7 Å². The van der Waals surface area contributed by atoms with Gasteiger partial charge >= 0.3 is 5.97 Å². The number of rotatable bonds is 11. The molecular weight excluding hydrogens is 689 g/mol. The molecule has 2 aliphatic rings. The number of sulfonamides is 1. The number of aromatic amines is 1. The zero-order valence-corrected chi connectivity index (χ0v) is 29.3. The summed E-state index contributed by atoms with van der Waals surface area (Å²) in [5, 5.41) is -0.435. The molecule has 47 heavy (non-hydrogen) atoms. The molecule has 3 aromatic rings. The van der Waals surface area contributed by atoms with E-state index in [9.17, 15) is 18.0 Å². The Morgan fingerprint density at radius 2 is 1.77 bits per heavy atom. The number of hydrogen-bond acceptors (Lipinski definition) is 9. The number of amides is 1. The number of nitrogens with zero attached hydrogens (tertiary/aromatic N) is 2. The number of halogens is 2. The fraction of sp³-hybridized carbons (Fsp3) is 0.406. The smallest absolute Gasteiger partial charge is 0.335 e. The third kappa shape index (κ3) is 8.33. The van der Waals surface area contributed by atoms with Crippen LogP contribution in [0.1, 0.15) is 53.3 Å². The van der Waals surface area contributed by atoms with Crippen molar-refractivity contribution in [2.24, 2.45) is 0 Å². The van der Waals surface area contributed by atoms with Crippen LogP contribution in [0.15, 0.2) is 59.8 Å². The van der Waals surface area contributed by atoms with E-state index in [2.05, 4.69) is 4.98 Å². The number of aromatic nitrogens is 1. The summed E-state index contributed by atoms with van der Waals surface area (Å²) < 4.78 is 46.8. The summed E-state index contributed by atoms with van der Waals surface area (Å²) in [5.41, 5.74) is 1.38. The van der Waals surface area contributed by atoms with Crippen LogP contribution in [0.5, 0.6) is 11.5 Å². The molecule has 11 nitrogen and oxygen atoms in total. The molecule has 1 amide bonds. The number of thioether (sulfide) groups is 1. The lowest BCUT2D eigenvalue weighted by Gasteiger charge is -2.26. The van der Waals surface area contributed by atoms with E-state index in [0.717, 1.165) is 30.0 Å².